The van der Waals surface area contributed by atoms with Crippen LogP contribution in [0.3, 0.4) is 0 Å². The van der Waals surface area contributed by atoms with Crippen LogP contribution in [-0.2, 0) is 4.74 Å². The molecule has 1 fully saturated rings. The highest BCUT2D eigenvalue weighted by Crippen LogP contribution is 2.22. The molecule has 1 aliphatic rings. The number of ether oxygens (including phenoxy) is 1. The molecule has 0 atom stereocenters. The van der Waals surface area contributed by atoms with Gasteiger partial charge in [0.2, 0.25) is 11.8 Å². The van der Waals surface area contributed by atoms with Gasteiger partial charge in [0.05, 0.1) is 24.1 Å². The topological polar surface area (TPSA) is 51.5 Å². The SMILES string of the molecule is Brc1ccc(Nc2nc([NH+]3CCOCC3)c3ccccc3n2)cc1.[Cl-]. The van der Waals surface area contributed by atoms with Gasteiger partial charge < -0.3 is 22.5 Å². The molecule has 3 aromatic rings. The Balaban J connectivity index is 0.00000182. The van der Waals surface area contributed by atoms with Crippen molar-refractivity contribution in [1.82, 2.24) is 9.97 Å². The number of nitrogens with zero attached hydrogens (tertiary/aromatic N) is 2. The van der Waals surface area contributed by atoms with Crippen LogP contribution >= 0.6 is 15.9 Å². The Labute approximate surface area is 161 Å². The molecule has 1 aromatic heterocycles. The van der Waals surface area contributed by atoms with Gasteiger partial charge in [-0.2, -0.15) is 4.98 Å². The number of morpholine rings is 1. The lowest BCUT2D eigenvalue weighted by atomic mass is 10.2. The Morgan fingerprint density at radius 3 is 2.44 bits per heavy atom. The van der Waals surface area contributed by atoms with Gasteiger partial charge in [-0.1, -0.05) is 28.1 Å². The molecule has 0 radical (unpaired) electrons. The van der Waals surface area contributed by atoms with Crippen LogP contribution in [0.25, 0.3) is 10.9 Å². The second-order valence-electron chi connectivity index (χ2n) is 5.76. The third-order valence-corrected chi connectivity index (χ3v) is 4.66. The first kappa shape index (κ1) is 18.1. The average molecular weight is 422 g/mol. The number of para-hydroxylation sites is 1. The van der Waals surface area contributed by atoms with Crippen molar-refractivity contribution in [1.29, 1.82) is 0 Å². The second-order valence-corrected chi connectivity index (χ2v) is 6.68. The summed E-state index contributed by atoms with van der Waals surface area (Å²) >= 11 is 3.45. The fourth-order valence-electron chi connectivity index (χ4n) is 2.92. The quantitative estimate of drug-likeness (QED) is 0.609. The van der Waals surface area contributed by atoms with Crippen LogP contribution in [0.4, 0.5) is 17.5 Å². The van der Waals surface area contributed by atoms with E-state index >= 15 is 0 Å². The molecule has 7 heteroatoms. The van der Waals surface area contributed by atoms with Crippen LogP contribution in [0.5, 0.6) is 0 Å². The lowest BCUT2D eigenvalue weighted by molar-refractivity contribution is -0.843. The third-order valence-electron chi connectivity index (χ3n) is 4.13. The lowest BCUT2D eigenvalue weighted by Gasteiger charge is -2.23. The summed E-state index contributed by atoms with van der Waals surface area (Å²) in [4.78, 5) is 10.8. The summed E-state index contributed by atoms with van der Waals surface area (Å²) in [6.07, 6.45) is 0. The molecule has 130 valence electrons. The van der Waals surface area contributed by atoms with Crippen LogP contribution in [0, 0.1) is 0 Å². The predicted octanol–water partition coefficient (Wildman–Crippen LogP) is -0.314. The number of hydrogen-bond acceptors (Lipinski definition) is 4. The van der Waals surface area contributed by atoms with Crippen molar-refractivity contribution in [3.05, 3.63) is 53.0 Å². The number of anilines is 2. The maximum Gasteiger partial charge on any atom is 0.238 e. The molecule has 0 amide bonds. The van der Waals surface area contributed by atoms with Crippen molar-refractivity contribution in [3.8, 4) is 0 Å². The van der Waals surface area contributed by atoms with Crippen molar-refractivity contribution >= 4 is 44.3 Å². The van der Waals surface area contributed by atoms with E-state index < -0.39 is 0 Å². The van der Waals surface area contributed by atoms with Gasteiger partial charge in [0.25, 0.3) is 0 Å². The van der Waals surface area contributed by atoms with E-state index in [1.165, 1.54) is 4.90 Å². The van der Waals surface area contributed by atoms with Crippen molar-refractivity contribution in [2.24, 2.45) is 0 Å². The van der Waals surface area contributed by atoms with Gasteiger partial charge in [-0.15, -0.1) is 0 Å². The third kappa shape index (κ3) is 4.10. The first-order valence-corrected chi connectivity index (χ1v) is 8.81. The van der Waals surface area contributed by atoms with Gasteiger partial charge in [-0.05, 0) is 36.4 Å². The fraction of sp³-hybridized carbons (Fsp3) is 0.222. The molecular weight excluding hydrogens is 404 g/mol. The predicted molar refractivity (Wildman–Crippen MR) is 98.1 cm³/mol. The van der Waals surface area contributed by atoms with Crippen LogP contribution in [0.1, 0.15) is 0 Å². The average Bonchev–Trinajstić information content (AvgIpc) is 2.64. The molecule has 4 rings (SSSR count). The molecular formula is C18H18BrClN4O. The number of nitrogens with one attached hydrogen (secondary N) is 2. The minimum Gasteiger partial charge on any atom is -1.00 e. The summed E-state index contributed by atoms with van der Waals surface area (Å²) in [7, 11) is 0. The number of halogens is 2. The van der Waals surface area contributed by atoms with E-state index in [1.54, 1.807) is 0 Å². The van der Waals surface area contributed by atoms with Crippen molar-refractivity contribution in [3.63, 3.8) is 0 Å². The van der Waals surface area contributed by atoms with E-state index in [0.717, 1.165) is 53.2 Å². The number of hydrogen-bond donors (Lipinski definition) is 2. The molecule has 0 spiro atoms. The largest absolute Gasteiger partial charge is 1.00 e. The molecule has 25 heavy (non-hydrogen) atoms. The Hall–Kier alpha value is -1.73. The Kier molecular flexibility index (Phi) is 5.86. The molecule has 1 saturated heterocycles. The van der Waals surface area contributed by atoms with E-state index in [1.807, 2.05) is 42.5 Å². The first-order valence-electron chi connectivity index (χ1n) is 8.02. The number of fused-ring (bicyclic) bond motifs is 1. The zero-order valence-corrected chi connectivity index (χ0v) is 15.8. The van der Waals surface area contributed by atoms with E-state index in [-0.39, 0.29) is 12.4 Å². The van der Waals surface area contributed by atoms with Crippen LogP contribution in [0.15, 0.2) is 53.0 Å². The summed E-state index contributed by atoms with van der Waals surface area (Å²) < 4.78 is 6.53. The first-order chi connectivity index (χ1) is 11.8. The van der Waals surface area contributed by atoms with E-state index in [4.69, 9.17) is 9.72 Å². The highest BCUT2D eigenvalue weighted by molar-refractivity contribution is 9.10. The highest BCUT2D eigenvalue weighted by atomic mass is 79.9. The van der Waals surface area contributed by atoms with Crippen molar-refractivity contribution in [2.75, 3.05) is 31.6 Å². The van der Waals surface area contributed by atoms with Gasteiger partial charge in [0.1, 0.15) is 13.1 Å². The maximum atomic E-state index is 5.49. The molecule has 5 nitrogen and oxygen atoms in total. The minimum atomic E-state index is 0. The Morgan fingerprint density at radius 1 is 0.960 bits per heavy atom. The zero-order chi connectivity index (χ0) is 16.4. The maximum absolute atomic E-state index is 5.49. The normalized spacial score (nSPS) is 14.9. The monoisotopic (exact) mass is 420 g/mol. The Bertz CT molecular complexity index is 853. The molecule has 0 bridgehead atoms. The zero-order valence-electron chi connectivity index (χ0n) is 13.5. The van der Waals surface area contributed by atoms with Gasteiger partial charge in [-0.25, -0.2) is 4.98 Å². The molecule has 1 aliphatic heterocycles. The van der Waals surface area contributed by atoms with Gasteiger partial charge in [0.15, 0.2) is 0 Å². The fourth-order valence-corrected chi connectivity index (χ4v) is 3.18. The summed E-state index contributed by atoms with van der Waals surface area (Å²) in [6, 6.07) is 16.2. The van der Waals surface area contributed by atoms with E-state index in [2.05, 4.69) is 32.3 Å². The van der Waals surface area contributed by atoms with Crippen LogP contribution in [0.2, 0.25) is 0 Å². The van der Waals surface area contributed by atoms with Crippen molar-refractivity contribution < 1.29 is 22.0 Å². The number of benzene rings is 2. The molecule has 0 saturated carbocycles. The smallest absolute Gasteiger partial charge is 0.238 e. The summed E-state index contributed by atoms with van der Waals surface area (Å²) in [6.45, 7) is 3.39. The molecule has 2 heterocycles. The second kappa shape index (κ2) is 8.10. The molecule has 2 aromatic carbocycles. The number of aromatic nitrogens is 2. The van der Waals surface area contributed by atoms with Crippen molar-refractivity contribution in [2.45, 2.75) is 0 Å². The van der Waals surface area contributed by atoms with Gasteiger partial charge in [-0.3, -0.25) is 4.90 Å². The summed E-state index contributed by atoms with van der Waals surface area (Å²) in [5.74, 6) is 1.67. The lowest BCUT2D eigenvalue weighted by Crippen LogP contribution is -3.09. The minimum absolute atomic E-state index is 0. The van der Waals surface area contributed by atoms with Crippen LogP contribution < -0.4 is 22.6 Å². The summed E-state index contributed by atoms with van der Waals surface area (Å²) in [5.41, 5.74) is 1.93. The number of rotatable bonds is 3. The highest BCUT2D eigenvalue weighted by Gasteiger charge is 2.22. The molecule has 0 unspecified atom stereocenters. The Morgan fingerprint density at radius 2 is 1.68 bits per heavy atom. The van der Waals surface area contributed by atoms with Gasteiger partial charge >= 0.3 is 0 Å². The van der Waals surface area contributed by atoms with Crippen LogP contribution in [-0.4, -0.2) is 36.3 Å². The molecule has 0 aliphatic carbocycles. The standard InChI is InChI=1S/C18H17BrN4O.ClH/c19-13-5-7-14(8-6-13)20-18-21-16-4-2-1-3-15(16)17(22-18)23-9-11-24-12-10-23;/h1-8H,9-12H2,(H,20,21,22);1H. The van der Waals surface area contributed by atoms with E-state index in [0.29, 0.717) is 5.95 Å². The van der Waals surface area contributed by atoms with Gasteiger partial charge in [0, 0.05) is 10.2 Å². The molecule has 2 N–H and O–H groups in total. The van der Waals surface area contributed by atoms with E-state index in [9.17, 15) is 0 Å². The number of quaternary nitrogens is 1. The summed E-state index contributed by atoms with van der Waals surface area (Å²) in [5, 5.41) is 4.42.